The number of Topliss-reactive ketones (excluding diaryl/α,β-unsaturated/α-hetero) is 1. The lowest BCUT2D eigenvalue weighted by Crippen LogP contribution is -2.40. The van der Waals surface area contributed by atoms with E-state index in [9.17, 15) is 9.59 Å². The monoisotopic (exact) mass is 343 g/mol. The van der Waals surface area contributed by atoms with Crippen molar-refractivity contribution in [2.75, 3.05) is 7.11 Å². The van der Waals surface area contributed by atoms with Crippen molar-refractivity contribution in [1.29, 1.82) is 0 Å². The Balaban J connectivity index is 1.50. The van der Waals surface area contributed by atoms with Crippen molar-refractivity contribution in [2.24, 2.45) is 17.8 Å². The third-order valence-electron chi connectivity index (χ3n) is 6.06. The first-order chi connectivity index (χ1) is 12.0. The highest BCUT2D eigenvalue weighted by Crippen LogP contribution is 2.49. The Bertz CT molecular complexity index is 655. The Hall–Kier alpha value is -1.84. The van der Waals surface area contributed by atoms with Gasteiger partial charge in [0, 0.05) is 18.9 Å². The molecule has 1 amide bonds. The molecule has 2 bridgehead atoms. The molecule has 0 saturated heterocycles. The zero-order valence-electron chi connectivity index (χ0n) is 15.5. The van der Waals surface area contributed by atoms with Crippen molar-refractivity contribution in [3.8, 4) is 5.75 Å². The average Bonchev–Trinajstić information content (AvgIpc) is 3.23. The molecule has 0 aliphatic heterocycles. The van der Waals surface area contributed by atoms with Gasteiger partial charge >= 0.3 is 0 Å². The van der Waals surface area contributed by atoms with Gasteiger partial charge in [0.25, 0.3) is 0 Å². The number of aryl methyl sites for hydroxylation is 1. The molecule has 2 aliphatic carbocycles. The number of fused-ring (bicyclic) bond motifs is 2. The SMILES string of the molecule is COc1ccc(C)cc1C(=O)CCC(=O)NC(C)C1CC2CCC1C2. The summed E-state index contributed by atoms with van der Waals surface area (Å²) in [7, 11) is 1.56. The smallest absolute Gasteiger partial charge is 0.220 e. The molecule has 1 aromatic carbocycles. The van der Waals surface area contributed by atoms with Gasteiger partial charge in [0.05, 0.1) is 12.7 Å². The molecule has 4 nitrogen and oxygen atoms in total. The summed E-state index contributed by atoms with van der Waals surface area (Å²) >= 11 is 0. The highest BCUT2D eigenvalue weighted by atomic mass is 16.5. The van der Waals surface area contributed by atoms with Gasteiger partial charge in [0.1, 0.15) is 5.75 Å². The molecular weight excluding hydrogens is 314 g/mol. The molecule has 3 rings (SSSR count). The van der Waals surface area contributed by atoms with Crippen LogP contribution in [0.4, 0.5) is 0 Å². The Labute approximate surface area is 150 Å². The molecule has 136 valence electrons. The predicted molar refractivity (Wildman–Crippen MR) is 97.8 cm³/mol. The molecule has 1 aromatic rings. The van der Waals surface area contributed by atoms with E-state index in [1.165, 1.54) is 25.7 Å². The van der Waals surface area contributed by atoms with Gasteiger partial charge in [0.2, 0.25) is 5.91 Å². The van der Waals surface area contributed by atoms with Gasteiger partial charge in [-0.3, -0.25) is 9.59 Å². The number of rotatable bonds is 7. The quantitative estimate of drug-likeness (QED) is 0.764. The maximum absolute atomic E-state index is 12.5. The Kier molecular flexibility index (Phi) is 5.45. The van der Waals surface area contributed by atoms with E-state index in [0.717, 1.165) is 17.4 Å². The van der Waals surface area contributed by atoms with Gasteiger partial charge in [-0.2, -0.15) is 0 Å². The molecule has 4 atom stereocenters. The van der Waals surface area contributed by atoms with Crippen LogP contribution in [0.3, 0.4) is 0 Å². The number of benzene rings is 1. The van der Waals surface area contributed by atoms with E-state index < -0.39 is 0 Å². The van der Waals surface area contributed by atoms with Crippen LogP contribution in [-0.2, 0) is 4.79 Å². The first kappa shape index (κ1) is 18.0. The summed E-state index contributed by atoms with van der Waals surface area (Å²) in [5, 5.41) is 3.13. The summed E-state index contributed by atoms with van der Waals surface area (Å²) in [6.45, 7) is 4.06. The van der Waals surface area contributed by atoms with Gasteiger partial charge in [-0.25, -0.2) is 0 Å². The number of hydrogen-bond donors (Lipinski definition) is 1. The molecule has 0 spiro atoms. The zero-order chi connectivity index (χ0) is 18.0. The standard InChI is InChI=1S/C21H29NO3/c1-13-4-8-20(25-3)18(10-13)19(23)7-9-21(24)22-14(2)17-12-15-5-6-16(17)11-15/h4,8,10,14-17H,5-7,9,11-12H2,1-3H3,(H,22,24). The molecule has 0 heterocycles. The van der Waals surface area contributed by atoms with Crippen molar-refractivity contribution in [3.05, 3.63) is 29.3 Å². The van der Waals surface area contributed by atoms with Crippen LogP contribution >= 0.6 is 0 Å². The van der Waals surface area contributed by atoms with E-state index in [-0.39, 0.29) is 30.6 Å². The van der Waals surface area contributed by atoms with Gasteiger partial charge in [-0.1, -0.05) is 18.1 Å². The number of nitrogens with one attached hydrogen (secondary N) is 1. The number of amides is 1. The molecule has 25 heavy (non-hydrogen) atoms. The van der Waals surface area contributed by atoms with Crippen molar-refractivity contribution < 1.29 is 14.3 Å². The number of carbonyl (C=O) groups excluding carboxylic acids is 2. The first-order valence-electron chi connectivity index (χ1n) is 9.45. The van der Waals surface area contributed by atoms with E-state index in [2.05, 4.69) is 12.2 Å². The normalized spacial score (nSPS) is 25.6. The average molecular weight is 343 g/mol. The van der Waals surface area contributed by atoms with Gasteiger partial charge < -0.3 is 10.1 Å². The number of ether oxygens (including phenoxy) is 1. The van der Waals surface area contributed by atoms with Crippen LogP contribution in [0, 0.1) is 24.7 Å². The van der Waals surface area contributed by atoms with Gasteiger partial charge in [-0.05, 0) is 63.0 Å². The van der Waals surface area contributed by atoms with Crippen molar-refractivity contribution in [2.45, 2.75) is 58.4 Å². The minimum absolute atomic E-state index is 0.0183. The van der Waals surface area contributed by atoms with Crippen molar-refractivity contribution >= 4 is 11.7 Å². The fraction of sp³-hybridized carbons (Fsp3) is 0.619. The van der Waals surface area contributed by atoms with Crippen LogP contribution in [0.25, 0.3) is 0 Å². The summed E-state index contributed by atoms with van der Waals surface area (Å²) < 4.78 is 5.27. The number of methoxy groups -OCH3 is 1. The summed E-state index contributed by atoms with van der Waals surface area (Å²) in [4.78, 5) is 24.7. The largest absolute Gasteiger partial charge is 0.496 e. The molecule has 4 heteroatoms. The van der Waals surface area contributed by atoms with Crippen molar-refractivity contribution in [1.82, 2.24) is 5.32 Å². The highest BCUT2D eigenvalue weighted by molar-refractivity contribution is 6.00. The topological polar surface area (TPSA) is 55.4 Å². The van der Waals surface area contributed by atoms with E-state index in [1.54, 1.807) is 13.2 Å². The van der Waals surface area contributed by atoms with Crippen LogP contribution < -0.4 is 10.1 Å². The highest BCUT2D eigenvalue weighted by Gasteiger charge is 2.42. The Morgan fingerprint density at radius 3 is 2.68 bits per heavy atom. The molecule has 4 unspecified atom stereocenters. The fourth-order valence-corrected chi connectivity index (χ4v) is 4.74. The van der Waals surface area contributed by atoms with E-state index >= 15 is 0 Å². The molecule has 1 N–H and O–H groups in total. The fourth-order valence-electron chi connectivity index (χ4n) is 4.74. The van der Waals surface area contributed by atoms with Crippen molar-refractivity contribution in [3.63, 3.8) is 0 Å². The summed E-state index contributed by atoms with van der Waals surface area (Å²) in [6, 6.07) is 5.77. The van der Waals surface area contributed by atoms with Gasteiger partial charge in [-0.15, -0.1) is 0 Å². The minimum Gasteiger partial charge on any atom is -0.496 e. The van der Waals surface area contributed by atoms with Crippen LogP contribution in [-0.4, -0.2) is 24.8 Å². The maximum atomic E-state index is 12.5. The Morgan fingerprint density at radius 1 is 1.24 bits per heavy atom. The zero-order valence-corrected chi connectivity index (χ0v) is 15.5. The molecule has 0 aromatic heterocycles. The van der Waals surface area contributed by atoms with E-state index in [1.807, 2.05) is 19.1 Å². The lowest BCUT2D eigenvalue weighted by Gasteiger charge is -2.28. The number of ketones is 1. The molecule has 0 radical (unpaired) electrons. The Morgan fingerprint density at radius 2 is 2.04 bits per heavy atom. The van der Waals surface area contributed by atoms with Crippen LogP contribution in [0.1, 0.15) is 61.4 Å². The van der Waals surface area contributed by atoms with Crippen LogP contribution in [0.5, 0.6) is 5.75 Å². The third-order valence-corrected chi connectivity index (χ3v) is 6.06. The third kappa shape index (κ3) is 4.05. The van der Waals surface area contributed by atoms with Crippen LogP contribution in [0.15, 0.2) is 18.2 Å². The van der Waals surface area contributed by atoms with E-state index in [0.29, 0.717) is 17.2 Å². The second-order valence-corrected chi connectivity index (χ2v) is 7.82. The number of hydrogen-bond acceptors (Lipinski definition) is 3. The maximum Gasteiger partial charge on any atom is 0.220 e. The van der Waals surface area contributed by atoms with Gasteiger partial charge in [0.15, 0.2) is 5.78 Å². The summed E-state index contributed by atoms with van der Waals surface area (Å²) in [5.41, 5.74) is 1.58. The van der Waals surface area contributed by atoms with Crippen LogP contribution in [0.2, 0.25) is 0 Å². The number of carbonyl (C=O) groups is 2. The molecule has 2 fully saturated rings. The summed E-state index contributed by atoms with van der Waals surface area (Å²) in [6.07, 6.45) is 5.74. The predicted octanol–water partition coefficient (Wildman–Crippen LogP) is 3.91. The second kappa shape index (κ2) is 7.59. The molecular formula is C21H29NO3. The van der Waals surface area contributed by atoms with E-state index in [4.69, 9.17) is 4.74 Å². The summed E-state index contributed by atoms with van der Waals surface area (Å²) in [5.74, 6) is 2.81. The lowest BCUT2D eigenvalue weighted by atomic mass is 9.84. The molecule has 2 saturated carbocycles. The molecule has 2 aliphatic rings. The second-order valence-electron chi connectivity index (χ2n) is 7.82. The first-order valence-corrected chi connectivity index (χ1v) is 9.45. The lowest BCUT2D eigenvalue weighted by molar-refractivity contribution is -0.122. The minimum atomic E-state index is -0.0386.